The van der Waals surface area contributed by atoms with E-state index in [-0.39, 0.29) is 52.7 Å². The number of fused-ring (bicyclic) bond motifs is 3. The molecule has 2 N–H and O–H groups in total. The Morgan fingerprint density at radius 1 is 1.13 bits per heavy atom. The molecule has 0 bridgehead atoms. The van der Waals surface area contributed by atoms with Crippen molar-refractivity contribution in [2.75, 3.05) is 37.7 Å². The zero-order valence-corrected chi connectivity index (χ0v) is 26.0. The maximum Gasteiger partial charge on any atom is 0.319 e. The summed E-state index contributed by atoms with van der Waals surface area (Å²) in [7, 11) is 0. The summed E-state index contributed by atoms with van der Waals surface area (Å²) in [5.74, 6) is -0.722. The highest BCUT2D eigenvalue weighted by molar-refractivity contribution is 6.33. The van der Waals surface area contributed by atoms with Crippen LogP contribution in [0, 0.1) is 17.6 Å². The van der Waals surface area contributed by atoms with Gasteiger partial charge in [0.2, 0.25) is 0 Å². The van der Waals surface area contributed by atoms with Gasteiger partial charge in [-0.15, -0.1) is 0 Å². The van der Waals surface area contributed by atoms with Gasteiger partial charge in [-0.25, -0.2) is 13.2 Å². The molecule has 3 saturated heterocycles. The molecule has 9 nitrogen and oxygen atoms in total. The Bertz CT molecular complexity index is 1840. The SMILES string of the molecule is C[C@H]1C[C@H]1c1c(Cl)c(F)c2[nH]ncc2c1-c1ncc2c(N3CCC[C@@](C)(O)C3)nc(OC[C@@]34CCCN3C[C@H](F)C4)nc2c1F. The van der Waals surface area contributed by atoms with Crippen LogP contribution in [0.4, 0.5) is 19.0 Å². The van der Waals surface area contributed by atoms with Crippen LogP contribution in [-0.4, -0.2) is 85.3 Å². The number of H-pyrrole nitrogens is 1. The van der Waals surface area contributed by atoms with Gasteiger partial charge in [-0.05, 0) is 63.0 Å². The average molecular weight is 642 g/mol. The topological polar surface area (TPSA) is 103 Å². The monoisotopic (exact) mass is 641 g/mol. The third-order valence-corrected chi connectivity index (χ3v) is 10.8. The minimum absolute atomic E-state index is 0.00679. The number of hydrogen-bond acceptors (Lipinski definition) is 8. The van der Waals surface area contributed by atoms with Crippen LogP contribution < -0.4 is 9.64 Å². The number of nitrogens with zero attached hydrogens (tertiary/aromatic N) is 6. The van der Waals surface area contributed by atoms with E-state index in [0.717, 1.165) is 25.8 Å². The van der Waals surface area contributed by atoms with Gasteiger partial charge in [0.05, 0.1) is 27.7 Å². The van der Waals surface area contributed by atoms with E-state index < -0.39 is 28.9 Å². The summed E-state index contributed by atoms with van der Waals surface area (Å²) >= 11 is 6.61. The van der Waals surface area contributed by atoms with Crippen LogP contribution >= 0.6 is 11.6 Å². The molecule has 13 heteroatoms. The van der Waals surface area contributed by atoms with Crippen molar-refractivity contribution in [1.29, 1.82) is 0 Å². The van der Waals surface area contributed by atoms with Crippen LogP contribution in [0.25, 0.3) is 33.1 Å². The molecule has 8 rings (SSSR count). The highest BCUT2D eigenvalue weighted by Crippen LogP contribution is 2.55. The highest BCUT2D eigenvalue weighted by Gasteiger charge is 2.49. The van der Waals surface area contributed by atoms with Gasteiger partial charge in [-0.3, -0.25) is 15.0 Å². The van der Waals surface area contributed by atoms with Gasteiger partial charge in [0.1, 0.15) is 35.3 Å². The van der Waals surface area contributed by atoms with Crippen molar-refractivity contribution in [2.24, 2.45) is 5.92 Å². The Labute approximate surface area is 263 Å². The third kappa shape index (κ3) is 4.74. The predicted molar refractivity (Wildman–Crippen MR) is 164 cm³/mol. The molecule has 1 aliphatic carbocycles. The van der Waals surface area contributed by atoms with E-state index in [9.17, 15) is 9.50 Å². The van der Waals surface area contributed by atoms with Crippen LogP contribution in [0.1, 0.15) is 63.9 Å². The molecule has 0 radical (unpaired) electrons. The molecular weight excluding hydrogens is 607 g/mol. The fourth-order valence-electron chi connectivity index (χ4n) is 8.00. The first kappa shape index (κ1) is 29.2. The molecule has 6 heterocycles. The zero-order chi connectivity index (χ0) is 31.2. The van der Waals surface area contributed by atoms with Crippen molar-refractivity contribution in [3.63, 3.8) is 0 Å². The van der Waals surface area contributed by atoms with Gasteiger partial charge in [-0.1, -0.05) is 18.5 Å². The zero-order valence-electron chi connectivity index (χ0n) is 25.2. The van der Waals surface area contributed by atoms with E-state index in [4.69, 9.17) is 21.3 Å². The van der Waals surface area contributed by atoms with Crippen molar-refractivity contribution in [3.05, 3.63) is 34.6 Å². The number of aromatic nitrogens is 5. The van der Waals surface area contributed by atoms with Crippen molar-refractivity contribution in [1.82, 2.24) is 30.0 Å². The summed E-state index contributed by atoms with van der Waals surface area (Å²) in [5.41, 5.74) is -0.430. The normalized spacial score (nSPS) is 30.0. The van der Waals surface area contributed by atoms with Crippen molar-refractivity contribution in [2.45, 2.75) is 75.6 Å². The molecule has 0 amide bonds. The number of aromatic amines is 1. The van der Waals surface area contributed by atoms with Crippen molar-refractivity contribution < 1.29 is 23.0 Å². The first-order valence-electron chi connectivity index (χ1n) is 15.7. The minimum Gasteiger partial charge on any atom is -0.461 e. The lowest BCUT2D eigenvalue weighted by Gasteiger charge is -2.38. The number of ether oxygens (including phenoxy) is 1. The lowest BCUT2D eigenvalue weighted by Crippen LogP contribution is -2.46. The highest BCUT2D eigenvalue weighted by atomic mass is 35.5. The Hall–Kier alpha value is -3.22. The lowest BCUT2D eigenvalue weighted by atomic mass is 9.94. The van der Waals surface area contributed by atoms with Crippen LogP contribution in [0.5, 0.6) is 6.01 Å². The van der Waals surface area contributed by atoms with Gasteiger partial charge in [0.25, 0.3) is 0 Å². The Morgan fingerprint density at radius 3 is 2.71 bits per heavy atom. The number of β-amino-alcohol motifs (C(OH)–C–C–N with tert-alkyl or cyclic N) is 1. The van der Waals surface area contributed by atoms with Gasteiger partial charge >= 0.3 is 6.01 Å². The number of anilines is 1. The van der Waals surface area contributed by atoms with Gasteiger partial charge in [0.15, 0.2) is 11.6 Å². The van der Waals surface area contributed by atoms with Crippen LogP contribution in [0.3, 0.4) is 0 Å². The van der Waals surface area contributed by atoms with E-state index in [1.54, 1.807) is 6.92 Å². The number of halogens is 4. The fraction of sp³-hybridized carbons (Fsp3) is 0.562. The summed E-state index contributed by atoms with van der Waals surface area (Å²) in [5, 5.41) is 18.3. The van der Waals surface area contributed by atoms with Gasteiger partial charge < -0.3 is 14.7 Å². The summed E-state index contributed by atoms with van der Waals surface area (Å²) in [6, 6.07) is -0.0241. The number of aliphatic hydroxyl groups is 1. The Balaban J connectivity index is 1.29. The molecule has 1 aromatic carbocycles. The molecule has 3 aliphatic heterocycles. The largest absolute Gasteiger partial charge is 0.461 e. The molecular formula is C32H35ClF3N7O2. The molecule has 5 atom stereocenters. The van der Waals surface area contributed by atoms with E-state index in [1.807, 2.05) is 11.8 Å². The van der Waals surface area contributed by atoms with Crippen LogP contribution in [0.15, 0.2) is 12.4 Å². The number of hydrogen-bond donors (Lipinski definition) is 2. The third-order valence-electron chi connectivity index (χ3n) is 10.4. The van der Waals surface area contributed by atoms with E-state index in [0.29, 0.717) is 60.1 Å². The van der Waals surface area contributed by atoms with Gasteiger partial charge in [-0.2, -0.15) is 15.1 Å². The second kappa shape index (κ2) is 10.4. The fourth-order valence-corrected chi connectivity index (χ4v) is 8.33. The minimum atomic E-state index is -0.959. The van der Waals surface area contributed by atoms with Crippen LogP contribution in [-0.2, 0) is 0 Å². The summed E-state index contributed by atoms with van der Waals surface area (Å²) in [6.45, 7) is 6.07. The maximum atomic E-state index is 17.0. The molecule has 1 saturated carbocycles. The second-order valence-corrected chi connectivity index (χ2v) is 14.2. The molecule has 3 aromatic heterocycles. The molecule has 0 spiro atoms. The predicted octanol–water partition coefficient (Wildman–Crippen LogP) is 5.93. The molecule has 4 aromatic rings. The quantitative estimate of drug-likeness (QED) is 0.267. The molecule has 238 valence electrons. The average Bonchev–Trinajstić information content (AvgIpc) is 3.30. The standard InChI is InChI=1S/C32H35ClF3N7O2/c1-16-9-18(16)21-22(19-12-38-41-27(19)24(35)23(21)33)28-25(36)26-20(11-37-28)29(42-7-3-5-31(2,44)14-42)40-30(39-26)45-15-32-6-4-8-43(32)13-17(34)10-32/h11-12,16-18,44H,3-10,13-15H2,1-2H3,(H,38,41)/t16-,17+,18+,31+,32-/m0/s1. The van der Waals surface area contributed by atoms with Crippen molar-refractivity contribution in [3.8, 4) is 17.3 Å². The molecule has 4 fully saturated rings. The smallest absolute Gasteiger partial charge is 0.319 e. The molecule has 4 aliphatic rings. The number of benzene rings is 1. The van der Waals surface area contributed by atoms with Crippen LogP contribution in [0.2, 0.25) is 5.02 Å². The summed E-state index contributed by atoms with van der Waals surface area (Å²) < 4.78 is 53.0. The first-order valence-corrected chi connectivity index (χ1v) is 16.1. The van der Waals surface area contributed by atoms with Crippen molar-refractivity contribution >= 4 is 39.2 Å². The maximum absolute atomic E-state index is 17.0. The van der Waals surface area contributed by atoms with E-state index in [1.165, 1.54) is 12.4 Å². The number of alkyl halides is 1. The number of pyridine rings is 1. The van der Waals surface area contributed by atoms with E-state index >= 15 is 8.78 Å². The Kier molecular flexibility index (Phi) is 6.75. The Morgan fingerprint density at radius 2 is 1.93 bits per heavy atom. The lowest BCUT2D eigenvalue weighted by molar-refractivity contribution is 0.0447. The van der Waals surface area contributed by atoms with Gasteiger partial charge in [0, 0.05) is 43.2 Å². The first-order chi connectivity index (χ1) is 21.6. The summed E-state index contributed by atoms with van der Waals surface area (Å²) in [6.07, 6.45) is 6.35. The molecule has 0 unspecified atom stereocenters. The summed E-state index contributed by atoms with van der Waals surface area (Å²) in [4.78, 5) is 18.0. The second-order valence-electron chi connectivity index (χ2n) is 13.8. The number of nitrogens with one attached hydrogen (secondary N) is 1. The molecule has 45 heavy (non-hydrogen) atoms. The van der Waals surface area contributed by atoms with E-state index in [2.05, 4.69) is 25.1 Å². The number of rotatable bonds is 6. The number of piperidine rings is 1.